The predicted octanol–water partition coefficient (Wildman–Crippen LogP) is 4.48. The van der Waals surface area contributed by atoms with Crippen molar-refractivity contribution >= 4 is 38.3 Å². The summed E-state index contributed by atoms with van der Waals surface area (Å²) in [5.41, 5.74) is 2.93. The molecule has 0 aliphatic carbocycles. The molecule has 1 aliphatic rings. The predicted molar refractivity (Wildman–Crippen MR) is 117 cm³/mol. The van der Waals surface area contributed by atoms with Gasteiger partial charge in [-0.15, -0.1) is 0 Å². The van der Waals surface area contributed by atoms with Gasteiger partial charge >= 0.3 is 0 Å². The fourth-order valence-corrected chi connectivity index (χ4v) is 4.75. The molecule has 1 amide bonds. The molecule has 0 atom stereocenters. The van der Waals surface area contributed by atoms with E-state index < -0.39 is 0 Å². The average Bonchev–Trinajstić information content (AvgIpc) is 3.17. The quantitative estimate of drug-likeness (QED) is 0.671. The van der Waals surface area contributed by atoms with Gasteiger partial charge in [0.1, 0.15) is 11.5 Å². The van der Waals surface area contributed by atoms with Crippen LogP contribution in [0.5, 0.6) is 11.5 Å². The summed E-state index contributed by atoms with van der Waals surface area (Å²) in [6.07, 6.45) is 1.60. The van der Waals surface area contributed by atoms with Gasteiger partial charge in [-0.3, -0.25) is 4.79 Å². The summed E-state index contributed by atoms with van der Waals surface area (Å²) in [4.78, 5) is 19.9. The Kier molecular flexibility index (Phi) is 5.58. The molecule has 152 valence electrons. The number of benzene rings is 2. The molecule has 2 aromatic carbocycles. The largest absolute Gasteiger partial charge is 0.497 e. The first-order chi connectivity index (χ1) is 14.1. The summed E-state index contributed by atoms with van der Waals surface area (Å²) < 4.78 is 11.8. The summed E-state index contributed by atoms with van der Waals surface area (Å²) in [5, 5.41) is 4.05. The molecule has 0 saturated carbocycles. The molecular formula is C22H25N3O3S. The maximum Gasteiger partial charge on any atom is 0.227 e. The van der Waals surface area contributed by atoms with Gasteiger partial charge in [0.2, 0.25) is 5.91 Å². The first-order valence-electron chi connectivity index (χ1n) is 9.72. The van der Waals surface area contributed by atoms with Gasteiger partial charge in [0.05, 0.1) is 30.1 Å². The van der Waals surface area contributed by atoms with Crippen LogP contribution in [0.4, 0.5) is 10.8 Å². The number of carbonyl (C=O) groups excluding carboxylic acids is 1. The lowest BCUT2D eigenvalue weighted by Crippen LogP contribution is -2.38. The molecule has 0 spiro atoms. The van der Waals surface area contributed by atoms with Gasteiger partial charge in [-0.2, -0.15) is 0 Å². The highest BCUT2D eigenvalue weighted by molar-refractivity contribution is 7.22. The number of piperidine rings is 1. The van der Waals surface area contributed by atoms with Gasteiger partial charge in [-0.25, -0.2) is 4.98 Å². The van der Waals surface area contributed by atoms with Crippen LogP contribution in [0.2, 0.25) is 0 Å². The zero-order chi connectivity index (χ0) is 20.4. The number of thiazole rings is 1. The van der Waals surface area contributed by atoms with Crippen LogP contribution < -0.4 is 19.7 Å². The number of carbonyl (C=O) groups is 1. The molecule has 0 bridgehead atoms. The number of ether oxygens (including phenoxy) is 2. The Bertz CT molecular complexity index is 1030. The second-order valence-corrected chi connectivity index (χ2v) is 8.29. The molecule has 1 saturated heterocycles. The minimum Gasteiger partial charge on any atom is -0.497 e. The highest BCUT2D eigenvalue weighted by Crippen LogP contribution is 2.33. The molecule has 4 rings (SSSR count). The summed E-state index contributed by atoms with van der Waals surface area (Å²) in [6.45, 7) is 3.75. The molecule has 2 heterocycles. The van der Waals surface area contributed by atoms with Gasteiger partial charge in [0.25, 0.3) is 0 Å². The maximum absolute atomic E-state index is 12.8. The van der Waals surface area contributed by atoms with Crippen LogP contribution in [-0.2, 0) is 4.79 Å². The Hall–Kier alpha value is -2.80. The van der Waals surface area contributed by atoms with Crippen LogP contribution in [0.15, 0.2) is 36.4 Å². The molecule has 1 aromatic heterocycles. The Balaban J connectivity index is 1.40. The lowest BCUT2D eigenvalue weighted by atomic mass is 9.96. The minimum atomic E-state index is -0.0289. The SMILES string of the molecule is COc1ccc(OC)c(NC(=O)C2CCN(c3nc4ccc(C)cc4s3)CC2)c1. The van der Waals surface area contributed by atoms with E-state index in [0.29, 0.717) is 17.2 Å². The van der Waals surface area contributed by atoms with E-state index in [2.05, 4.69) is 35.3 Å². The van der Waals surface area contributed by atoms with Crippen LogP contribution in [0.25, 0.3) is 10.2 Å². The molecular weight excluding hydrogens is 386 g/mol. The van der Waals surface area contributed by atoms with Crippen LogP contribution >= 0.6 is 11.3 Å². The van der Waals surface area contributed by atoms with E-state index in [-0.39, 0.29) is 11.8 Å². The van der Waals surface area contributed by atoms with Crippen LogP contribution in [0, 0.1) is 12.8 Å². The van der Waals surface area contributed by atoms with Gasteiger partial charge in [-0.05, 0) is 49.6 Å². The van der Waals surface area contributed by atoms with E-state index in [1.807, 2.05) is 6.07 Å². The number of aromatic nitrogens is 1. The van der Waals surface area contributed by atoms with Crippen LogP contribution in [-0.4, -0.2) is 38.2 Å². The fraction of sp³-hybridized carbons (Fsp3) is 0.364. The van der Waals surface area contributed by atoms with Crippen molar-refractivity contribution in [3.8, 4) is 11.5 Å². The monoisotopic (exact) mass is 411 g/mol. The normalized spacial score (nSPS) is 14.8. The standard InChI is InChI=1S/C22H25N3O3S/c1-14-4-6-17-20(12-14)29-22(24-17)25-10-8-15(9-11-25)21(26)23-18-13-16(27-2)5-7-19(18)28-3/h4-7,12-13,15H,8-11H2,1-3H3,(H,23,26). The van der Waals surface area contributed by atoms with Crippen molar-refractivity contribution in [3.63, 3.8) is 0 Å². The lowest BCUT2D eigenvalue weighted by molar-refractivity contribution is -0.120. The Labute approximate surface area is 174 Å². The van der Waals surface area contributed by atoms with E-state index in [1.165, 1.54) is 10.3 Å². The van der Waals surface area contributed by atoms with E-state index in [0.717, 1.165) is 36.6 Å². The van der Waals surface area contributed by atoms with Crippen LogP contribution in [0.1, 0.15) is 18.4 Å². The first-order valence-corrected chi connectivity index (χ1v) is 10.5. The molecule has 1 aliphatic heterocycles. The lowest BCUT2D eigenvalue weighted by Gasteiger charge is -2.31. The smallest absolute Gasteiger partial charge is 0.227 e. The summed E-state index contributed by atoms with van der Waals surface area (Å²) in [5.74, 6) is 1.30. The first kappa shape index (κ1) is 19.5. The molecule has 1 N–H and O–H groups in total. The van der Waals surface area contributed by atoms with Gasteiger partial charge in [0.15, 0.2) is 5.13 Å². The molecule has 0 radical (unpaired) electrons. The Morgan fingerprint density at radius 1 is 1.14 bits per heavy atom. The fourth-order valence-electron chi connectivity index (χ4n) is 3.63. The maximum atomic E-state index is 12.8. The van der Waals surface area contributed by atoms with Gasteiger partial charge in [-0.1, -0.05) is 17.4 Å². The molecule has 3 aromatic rings. The third-order valence-electron chi connectivity index (χ3n) is 5.33. The highest BCUT2D eigenvalue weighted by Gasteiger charge is 2.27. The second kappa shape index (κ2) is 8.29. The molecule has 29 heavy (non-hydrogen) atoms. The van der Waals surface area contributed by atoms with Crippen molar-refractivity contribution in [2.24, 2.45) is 5.92 Å². The number of anilines is 2. The van der Waals surface area contributed by atoms with Crippen molar-refractivity contribution in [1.29, 1.82) is 0 Å². The number of methoxy groups -OCH3 is 2. The van der Waals surface area contributed by atoms with Crippen molar-refractivity contribution < 1.29 is 14.3 Å². The van der Waals surface area contributed by atoms with E-state index in [1.54, 1.807) is 37.7 Å². The minimum absolute atomic E-state index is 0.0242. The Morgan fingerprint density at radius 2 is 1.93 bits per heavy atom. The van der Waals surface area contributed by atoms with Crippen molar-refractivity contribution in [3.05, 3.63) is 42.0 Å². The zero-order valence-corrected chi connectivity index (χ0v) is 17.7. The summed E-state index contributed by atoms with van der Waals surface area (Å²) in [7, 11) is 3.20. The topological polar surface area (TPSA) is 63.7 Å². The van der Waals surface area contributed by atoms with E-state index in [4.69, 9.17) is 14.5 Å². The van der Waals surface area contributed by atoms with Gasteiger partial charge < -0.3 is 19.7 Å². The number of rotatable bonds is 5. The number of amides is 1. The number of hydrogen-bond acceptors (Lipinski definition) is 6. The van der Waals surface area contributed by atoms with E-state index in [9.17, 15) is 4.79 Å². The number of nitrogens with zero attached hydrogens (tertiary/aromatic N) is 2. The molecule has 0 unspecified atom stereocenters. The van der Waals surface area contributed by atoms with Crippen molar-refractivity contribution in [1.82, 2.24) is 4.98 Å². The van der Waals surface area contributed by atoms with E-state index >= 15 is 0 Å². The highest BCUT2D eigenvalue weighted by atomic mass is 32.1. The average molecular weight is 412 g/mol. The molecule has 6 nitrogen and oxygen atoms in total. The molecule has 1 fully saturated rings. The summed E-state index contributed by atoms with van der Waals surface area (Å²) >= 11 is 1.72. The van der Waals surface area contributed by atoms with Crippen molar-refractivity contribution in [2.75, 3.05) is 37.5 Å². The number of hydrogen-bond donors (Lipinski definition) is 1. The number of fused-ring (bicyclic) bond motifs is 1. The number of nitrogens with one attached hydrogen (secondary N) is 1. The zero-order valence-electron chi connectivity index (χ0n) is 16.9. The molecule has 7 heteroatoms. The number of aryl methyl sites for hydroxylation is 1. The third-order valence-corrected chi connectivity index (χ3v) is 6.41. The second-order valence-electron chi connectivity index (χ2n) is 7.28. The third kappa shape index (κ3) is 4.15. The van der Waals surface area contributed by atoms with Crippen molar-refractivity contribution in [2.45, 2.75) is 19.8 Å². The summed E-state index contributed by atoms with van der Waals surface area (Å²) in [6, 6.07) is 11.7. The van der Waals surface area contributed by atoms with Gasteiger partial charge in [0, 0.05) is 25.1 Å². The van der Waals surface area contributed by atoms with Crippen LogP contribution in [0.3, 0.4) is 0 Å². The Morgan fingerprint density at radius 3 is 2.66 bits per heavy atom.